The van der Waals surface area contributed by atoms with E-state index in [9.17, 15) is 0 Å². The van der Waals surface area contributed by atoms with Gasteiger partial charge in [-0.25, -0.2) is 4.98 Å². The number of fused-ring (bicyclic) bond motifs is 1. The summed E-state index contributed by atoms with van der Waals surface area (Å²) in [5, 5.41) is 11.4. The minimum Gasteiger partial charge on any atom is -0.396 e. The van der Waals surface area contributed by atoms with Gasteiger partial charge in [-0.1, -0.05) is 31.2 Å². The van der Waals surface area contributed by atoms with Crippen LogP contribution in [0.2, 0.25) is 0 Å². The van der Waals surface area contributed by atoms with Gasteiger partial charge in [-0.15, -0.1) is 0 Å². The molecule has 0 aliphatic carbocycles. The van der Waals surface area contributed by atoms with Gasteiger partial charge in [0.1, 0.15) is 5.82 Å². The number of benzene rings is 1. The van der Waals surface area contributed by atoms with Gasteiger partial charge in [-0.3, -0.25) is 4.98 Å². The van der Waals surface area contributed by atoms with Crippen LogP contribution in [-0.4, -0.2) is 59.3 Å². The Bertz CT molecular complexity index is 933. The van der Waals surface area contributed by atoms with Crippen LogP contribution in [0.4, 0.5) is 5.82 Å². The number of likely N-dealkylation sites (N-methyl/N-ethyl adjacent to an activating group) is 1. The number of nitrogens with zero attached hydrogens (tertiary/aromatic N) is 4. The normalized spacial score (nSPS) is 15.2. The molecule has 3 heterocycles. The highest BCUT2D eigenvalue weighted by atomic mass is 16.2. The van der Waals surface area contributed by atoms with Crippen LogP contribution in [0.1, 0.15) is 25.5 Å². The number of aliphatic hydroxyl groups excluding tert-OH is 1. The molecule has 29 heavy (non-hydrogen) atoms. The van der Waals surface area contributed by atoms with Crippen molar-refractivity contribution < 1.29 is 5.11 Å². The number of piperazine rings is 1. The predicted molar refractivity (Wildman–Crippen MR) is 119 cm³/mol. The largest absolute Gasteiger partial charge is 0.396 e. The maximum absolute atomic E-state index is 8.95. The zero-order valence-electron chi connectivity index (χ0n) is 17.2. The molecule has 0 unspecified atom stereocenters. The van der Waals surface area contributed by atoms with E-state index >= 15 is 0 Å². The minimum absolute atomic E-state index is 0.244. The third kappa shape index (κ3) is 4.57. The maximum Gasteiger partial charge on any atom is 0.137 e. The Morgan fingerprint density at radius 2 is 1.83 bits per heavy atom. The first kappa shape index (κ1) is 19.8. The molecule has 0 radical (unpaired) electrons. The minimum atomic E-state index is 0.244. The Balaban J connectivity index is 1.63. The summed E-state index contributed by atoms with van der Waals surface area (Å²) >= 11 is 0. The molecule has 1 N–H and O–H groups in total. The fourth-order valence-corrected chi connectivity index (χ4v) is 3.99. The predicted octanol–water partition coefficient (Wildman–Crippen LogP) is 3.75. The standard InChI is InChI=1S/C24H30N4O/c1-2-27-12-14-28(15-13-27)24-22-9-4-3-7-19(22)17-23(26-24)20-10-11-21(25-18-20)8-5-6-16-29/h3-4,7,9-11,17-18,29H,2,5-6,8,12-16H2,1H3. The van der Waals surface area contributed by atoms with Gasteiger partial charge in [0.05, 0.1) is 5.69 Å². The molecular formula is C24H30N4O. The van der Waals surface area contributed by atoms with Crippen molar-refractivity contribution in [2.75, 3.05) is 44.2 Å². The third-order valence-corrected chi connectivity index (χ3v) is 5.80. The SMILES string of the molecule is CCN1CCN(c2nc(-c3ccc(CCCCO)nc3)cc3ccccc23)CC1. The first-order valence-electron chi connectivity index (χ1n) is 10.7. The summed E-state index contributed by atoms with van der Waals surface area (Å²) in [6.07, 6.45) is 4.62. The quantitative estimate of drug-likeness (QED) is 0.623. The van der Waals surface area contributed by atoms with Gasteiger partial charge in [0, 0.05) is 55.6 Å². The summed E-state index contributed by atoms with van der Waals surface area (Å²) in [5.74, 6) is 1.08. The van der Waals surface area contributed by atoms with E-state index in [1.807, 2.05) is 6.20 Å². The number of anilines is 1. The summed E-state index contributed by atoms with van der Waals surface area (Å²) in [6, 6.07) is 14.9. The summed E-state index contributed by atoms with van der Waals surface area (Å²) in [5.41, 5.74) is 3.10. The molecule has 5 nitrogen and oxygen atoms in total. The van der Waals surface area contributed by atoms with E-state index in [2.05, 4.69) is 64.2 Å². The van der Waals surface area contributed by atoms with Crippen LogP contribution in [0.3, 0.4) is 0 Å². The van der Waals surface area contributed by atoms with E-state index in [-0.39, 0.29) is 6.61 Å². The van der Waals surface area contributed by atoms with Crippen LogP contribution in [0.25, 0.3) is 22.0 Å². The number of aromatic nitrogens is 2. The van der Waals surface area contributed by atoms with Gasteiger partial charge in [0.15, 0.2) is 0 Å². The fraction of sp³-hybridized carbons (Fsp3) is 0.417. The number of aliphatic hydroxyl groups is 1. The molecule has 0 saturated carbocycles. The van der Waals surface area contributed by atoms with E-state index in [1.165, 1.54) is 10.8 Å². The van der Waals surface area contributed by atoms with Crippen molar-refractivity contribution in [2.24, 2.45) is 0 Å². The van der Waals surface area contributed by atoms with Crippen LogP contribution >= 0.6 is 0 Å². The molecule has 4 rings (SSSR count). The lowest BCUT2D eigenvalue weighted by atomic mass is 10.1. The van der Waals surface area contributed by atoms with Gasteiger partial charge < -0.3 is 14.9 Å². The Morgan fingerprint density at radius 1 is 1.00 bits per heavy atom. The van der Waals surface area contributed by atoms with Crippen molar-refractivity contribution in [1.29, 1.82) is 0 Å². The van der Waals surface area contributed by atoms with Crippen molar-refractivity contribution in [3.8, 4) is 11.3 Å². The highest BCUT2D eigenvalue weighted by Crippen LogP contribution is 2.30. The van der Waals surface area contributed by atoms with E-state index in [4.69, 9.17) is 10.1 Å². The van der Waals surface area contributed by atoms with Crippen molar-refractivity contribution in [3.05, 3.63) is 54.4 Å². The molecule has 1 fully saturated rings. The number of hydrogen-bond acceptors (Lipinski definition) is 5. The van der Waals surface area contributed by atoms with Gasteiger partial charge in [0.25, 0.3) is 0 Å². The second-order valence-corrected chi connectivity index (χ2v) is 7.69. The van der Waals surface area contributed by atoms with Gasteiger partial charge in [0.2, 0.25) is 0 Å². The maximum atomic E-state index is 8.95. The van der Waals surface area contributed by atoms with Crippen LogP contribution in [0, 0.1) is 0 Å². The molecule has 1 aromatic carbocycles. The van der Waals surface area contributed by atoms with Crippen LogP contribution in [0.5, 0.6) is 0 Å². The summed E-state index contributed by atoms with van der Waals surface area (Å²) in [6.45, 7) is 7.77. The lowest BCUT2D eigenvalue weighted by Gasteiger charge is -2.35. The monoisotopic (exact) mass is 390 g/mol. The Morgan fingerprint density at radius 3 is 2.55 bits per heavy atom. The third-order valence-electron chi connectivity index (χ3n) is 5.80. The molecule has 1 saturated heterocycles. The fourth-order valence-electron chi connectivity index (χ4n) is 3.99. The highest BCUT2D eigenvalue weighted by Gasteiger charge is 2.19. The van der Waals surface area contributed by atoms with Gasteiger partial charge in [-0.2, -0.15) is 0 Å². The molecule has 152 valence electrons. The summed E-state index contributed by atoms with van der Waals surface area (Å²) in [4.78, 5) is 14.6. The number of pyridine rings is 2. The van der Waals surface area contributed by atoms with Crippen LogP contribution in [-0.2, 0) is 6.42 Å². The van der Waals surface area contributed by atoms with Crippen molar-refractivity contribution in [2.45, 2.75) is 26.2 Å². The second kappa shape index (κ2) is 9.33. The smallest absolute Gasteiger partial charge is 0.137 e. The van der Waals surface area contributed by atoms with E-state index < -0.39 is 0 Å². The first-order chi connectivity index (χ1) is 14.3. The molecule has 1 aliphatic rings. The number of hydrogen-bond donors (Lipinski definition) is 1. The van der Waals surface area contributed by atoms with Crippen LogP contribution < -0.4 is 4.90 Å². The van der Waals surface area contributed by atoms with Gasteiger partial charge in [-0.05, 0) is 49.4 Å². The number of unbranched alkanes of at least 4 members (excludes halogenated alkanes) is 1. The second-order valence-electron chi connectivity index (χ2n) is 7.69. The summed E-state index contributed by atoms with van der Waals surface area (Å²) < 4.78 is 0. The van der Waals surface area contributed by atoms with E-state index in [0.717, 1.165) is 74.8 Å². The molecule has 5 heteroatoms. The lowest BCUT2D eigenvalue weighted by molar-refractivity contribution is 0.271. The molecule has 1 aliphatic heterocycles. The van der Waals surface area contributed by atoms with Crippen LogP contribution in [0.15, 0.2) is 48.7 Å². The molecular weight excluding hydrogens is 360 g/mol. The molecule has 2 aromatic heterocycles. The average molecular weight is 391 g/mol. The molecule has 0 spiro atoms. The number of rotatable bonds is 7. The topological polar surface area (TPSA) is 52.5 Å². The van der Waals surface area contributed by atoms with Crippen molar-refractivity contribution in [3.63, 3.8) is 0 Å². The van der Waals surface area contributed by atoms with Crippen molar-refractivity contribution >= 4 is 16.6 Å². The van der Waals surface area contributed by atoms with E-state index in [0.29, 0.717) is 0 Å². The summed E-state index contributed by atoms with van der Waals surface area (Å²) in [7, 11) is 0. The van der Waals surface area contributed by atoms with Gasteiger partial charge >= 0.3 is 0 Å². The zero-order valence-corrected chi connectivity index (χ0v) is 17.2. The average Bonchev–Trinajstić information content (AvgIpc) is 2.79. The highest BCUT2D eigenvalue weighted by molar-refractivity contribution is 5.95. The molecule has 3 aromatic rings. The van der Waals surface area contributed by atoms with E-state index in [1.54, 1.807) is 0 Å². The lowest BCUT2D eigenvalue weighted by Crippen LogP contribution is -2.46. The molecule has 0 amide bonds. The molecule has 0 bridgehead atoms. The first-order valence-corrected chi connectivity index (χ1v) is 10.7. The van der Waals surface area contributed by atoms with Crippen molar-refractivity contribution in [1.82, 2.24) is 14.9 Å². The number of aryl methyl sites for hydroxylation is 1. The Hall–Kier alpha value is -2.50. The molecule has 0 atom stereocenters. The Kier molecular flexibility index (Phi) is 6.37. The Labute approximate surface area is 173 Å². The zero-order chi connectivity index (χ0) is 20.1.